The monoisotopic (exact) mass is 369 g/mol. The fourth-order valence-electron chi connectivity index (χ4n) is 2.63. The van der Waals surface area contributed by atoms with E-state index in [4.69, 9.17) is 4.74 Å². The molecule has 0 saturated heterocycles. The number of methoxy groups -OCH3 is 1. The van der Waals surface area contributed by atoms with E-state index in [0.29, 0.717) is 6.54 Å². The number of carbonyl (C=O) groups is 2. The van der Waals surface area contributed by atoms with Crippen molar-refractivity contribution in [1.82, 2.24) is 9.80 Å². The Morgan fingerprint density at radius 2 is 1.74 bits per heavy atom. The second-order valence-electron chi connectivity index (χ2n) is 6.69. The molecule has 0 aromatic heterocycles. The van der Waals surface area contributed by atoms with Crippen LogP contribution in [0.1, 0.15) is 11.1 Å². The summed E-state index contributed by atoms with van der Waals surface area (Å²) in [7, 11) is 5.14. The Hall–Kier alpha value is -2.86. The summed E-state index contributed by atoms with van der Waals surface area (Å²) >= 11 is 0. The quantitative estimate of drug-likeness (QED) is 0.777. The second-order valence-corrected chi connectivity index (χ2v) is 6.69. The van der Waals surface area contributed by atoms with Crippen LogP contribution in [-0.4, -0.2) is 55.9 Å². The fraction of sp³-hybridized carbons (Fsp3) is 0.333. The molecule has 0 aliphatic carbocycles. The van der Waals surface area contributed by atoms with Crippen LogP contribution in [-0.2, 0) is 16.1 Å². The Balaban J connectivity index is 1.81. The molecule has 0 radical (unpaired) electrons. The van der Waals surface area contributed by atoms with Gasteiger partial charge < -0.3 is 15.0 Å². The number of hydrogen-bond donors (Lipinski definition) is 1. The molecule has 0 aliphatic rings. The zero-order valence-electron chi connectivity index (χ0n) is 16.4. The van der Waals surface area contributed by atoms with E-state index in [-0.39, 0.29) is 24.9 Å². The molecule has 0 spiro atoms. The summed E-state index contributed by atoms with van der Waals surface area (Å²) in [6.45, 7) is 2.84. The fourth-order valence-corrected chi connectivity index (χ4v) is 2.63. The lowest BCUT2D eigenvalue weighted by Gasteiger charge is -2.22. The Labute approximate surface area is 160 Å². The van der Waals surface area contributed by atoms with E-state index in [0.717, 1.165) is 22.6 Å². The van der Waals surface area contributed by atoms with Gasteiger partial charge in [-0.2, -0.15) is 0 Å². The largest absolute Gasteiger partial charge is 0.497 e. The molecule has 0 bridgehead atoms. The number of nitrogens with zero attached hydrogens (tertiary/aromatic N) is 2. The number of nitrogens with one attached hydrogen (secondary N) is 1. The summed E-state index contributed by atoms with van der Waals surface area (Å²) in [4.78, 5) is 27.9. The molecular weight excluding hydrogens is 342 g/mol. The van der Waals surface area contributed by atoms with Gasteiger partial charge in [0.25, 0.3) is 0 Å². The van der Waals surface area contributed by atoms with Crippen LogP contribution < -0.4 is 10.1 Å². The van der Waals surface area contributed by atoms with Crippen LogP contribution in [0, 0.1) is 6.92 Å². The van der Waals surface area contributed by atoms with Crippen LogP contribution in [0.5, 0.6) is 5.75 Å². The first kappa shape index (κ1) is 20.5. The van der Waals surface area contributed by atoms with Crippen molar-refractivity contribution < 1.29 is 14.3 Å². The first-order valence-electron chi connectivity index (χ1n) is 8.79. The van der Waals surface area contributed by atoms with Gasteiger partial charge in [0.15, 0.2) is 0 Å². The normalized spacial score (nSPS) is 10.6. The predicted molar refractivity (Wildman–Crippen MR) is 107 cm³/mol. The lowest BCUT2D eigenvalue weighted by atomic mass is 10.2. The smallest absolute Gasteiger partial charge is 0.243 e. The van der Waals surface area contributed by atoms with Crippen LogP contribution >= 0.6 is 0 Å². The molecule has 2 rings (SSSR count). The van der Waals surface area contributed by atoms with Crippen molar-refractivity contribution in [1.29, 1.82) is 0 Å². The standard InChI is InChI=1S/C21H27N3O3/c1-16-8-10-18(11-9-16)22-20(25)14-24(3)21(26)15-23(2)13-17-6-5-7-19(12-17)27-4/h5-12H,13-15H2,1-4H3,(H,22,25). The van der Waals surface area contributed by atoms with Gasteiger partial charge >= 0.3 is 0 Å². The number of rotatable bonds is 8. The zero-order valence-corrected chi connectivity index (χ0v) is 16.4. The lowest BCUT2D eigenvalue weighted by molar-refractivity contribution is -0.134. The molecule has 6 nitrogen and oxygen atoms in total. The van der Waals surface area contributed by atoms with Crippen molar-refractivity contribution in [3.05, 3.63) is 59.7 Å². The highest BCUT2D eigenvalue weighted by molar-refractivity contribution is 5.94. The van der Waals surface area contributed by atoms with Gasteiger partial charge in [-0.05, 0) is 43.8 Å². The van der Waals surface area contributed by atoms with Gasteiger partial charge in [0.05, 0.1) is 20.2 Å². The minimum atomic E-state index is -0.217. The molecule has 0 aliphatic heterocycles. The first-order valence-corrected chi connectivity index (χ1v) is 8.79. The minimum Gasteiger partial charge on any atom is -0.497 e. The Morgan fingerprint density at radius 1 is 1.04 bits per heavy atom. The van der Waals surface area contributed by atoms with Gasteiger partial charge in [-0.25, -0.2) is 0 Å². The van der Waals surface area contributed by atoms with Crippen LogP contribution in [0.15, 0.2) is 48.5 Å². The third kappa shape index (κ3) is 6.75. The highest BCUT2D eigenvalue weighted by Gasteiger charge is 2.15. The highest BCUT2D eigenvalue weighted by atomic mass is 16.5. The Bertz CT molecular complexity index is 774. The number of likely N-dealkylation sites (N-methyl/N-ethyl adjacent to an activating group) is 2. The summed E-state index contributed by atoms with van der Waals surface area (Å²) in [6.07, 6.45) is 0. The van der Waals surface area contributed by atoms with Crippen molar-refractivity contribution >= 4 is 17.5 Å². The average molecular weight is 369 g/mol. The second kappa shape index (κ2) is 9.73. The van der Waals surface area contributed by atoms with Crippen LogP contribution in [0.3, 0.4) is 0 Å². The van der Waals surface area contributed by atoms with E-state index in [2.05, 4.69) is 5.32 Å². The maximum absolute atomic E-state index is 12.4. The van der Waals surface area contributed by atoms with Crippen LogP contribution in [0.4, 0.5) is 5.69 Å². The topological polar surface area (TPSA) is 61.9 Å². The Kier molecular flexibility index (Phi) is 7.37. The van der Waals surface area contributed by atoms with Crippen molar-refractivity contribution in [3.8, 4) is 5.75 Å². The van der Waals surface area contributed by atoms with Gasteiger partial charge in [-0.15, -0.1) is 0 Å². The number of hydrogen-bond acceptors (Lipinski definition) is 4. The number of aryl methyl sites for hydroxylation is 1. The molecule has 144 valence electrons. The van der Waals surface area contributed by atoms with E-state index >= 15 is 0 Å². The zero-order chi connectivity index (χ0) is 19.8. The number of benzene rings is 2. The molecule has 0 saturated carbocycles. The predicted octanol–water partition coefficient (Wildman–Crippen LogP) is 2.53. The van der Waals surface area contributed by atoms with E-state index in [1.807, 2.05) is 67.4 Å². The molecular formula is C21H27N3O3. The van der Waals surface area contributed by atoms with E-state index < -0.39 is 0 Å². The molecule has 0 atom stereocenters. The molecule has 2 aromatic carbocycles. The average Bonchev–Trinajstić information content (AvgIpc) is 2.63. The maximum Gasteiger partial charge on any atom is 0.243 e. The van der Waals surface area contributed by atoms with Crippen LogP contribution in [0.2, 0.25) is 0 Å². The van der Waals surface area contributed by atoms with E-state index in [1.165, 1.54) is 4.90 Å². The van der Waals surface area contributed by atoms with E-state index in [1.54, 1.807) is 14.2 Å². The van der Waals surface area contributed by atoms with Gasteiger partial charge in [0, 0.05) is 19.3 Å². The molecule has 6 heteroatoms. The number of ether oxygens (including phenoxy) is 1. The third-order valence-electron chi connectivity index (χ3n) is 4.13. The minimum absolute atomic E-state index is 0.0136. The van der Waals surface area contributed by atoms with Gasteiger partial charge in [0.2, 0.25) is 11.8 Å². The summed E-state index contributed by atoms with van der Waals surface area (Å²) in [6, 6.07) is 15.3. The third-order valence-corrected chi connectivity index (χ3v) is 4.13. The molecule has 2 aromatic rings. The number of anilines is 1. The summed E-state index contributed by atoms with van der Waals surface area (Å²) in [5, 5.41) is 2.80. The van der Waals surface area contributed by atoms with Gasteiger partial charge in [0.1, 0.15) is 5.75 Å². The lowest BCUT2D eigenvalue weighted by Crippen LogP contribution is -2.40. The molecule has 1 N–H and O–H groups in total. The molecule has 2 amide bonds. The number of amides is 2. The Morgan fingerprint density at radius 3 is 2.41 bits per heavy atom. The SMILES string of the molecule is COc1cccc(CN(C)CC(=O)N(C)CC(=O)Nc2ccc(C)cc2)c1. The van der Waals surface area contributed by atoms with Crippen molar-refractivity contribution in [2.45, 2.75) is 13.5 Å². The van der Waals surface area contributed by atoms with Gasteiger partial charge in [-0.1, -0.05) is 29.8 Å². The number of carbonyl (C=O) groups excluding carboxylic acids is 2. The molecule has 27 heavy (non-hydrogen) atoms. The summed E-state index contributed by atoms with van der Waals surface area (Å²) < 4.78 is 5.22. The molecule has 0 heterocycles. The maximum atomic E-state index is 12.4. The summed E-state index contributed by atoms with van der Waals surface area (Å²) in [5.74, 6) is 0.460. The van der Waals surface area contributed by atoms with Crippen LogP contribution in [0.25, 0.3) is 0 Å². The first-order chi connectivity index (χ1) is 12.9. The van der Waals surface area contributed by atoms with Crippen molar-refractivity contribution in [3.63, 3.8) is 0 Å². The van der Waals surface area contributed by atoms with E-state index in [9.17, 15) is 9.59 Å². The molecule has 0 fully saturated rings. The summed E-state index contributed by atoms with van der Waals surface area (Å²) in [5.41, 5.74) is 2.91. The van der Waals surface area contributed by atoms with Gasteiger partial charge in [-0.3, -0.25) is 14.5 Å². The van der Waals surface area contributed by atoms with Crippen molar-refractivity contribution in [2.24, 2.45) is 0 Å². The molecule has 0 unspecified atom stereocenters. The van der Waals surface area contributed by atoms with Crippen molar-refractivity contribution in [2.75, 3.05) is 39.6 Å². The highest BCUT2D eigenvalue weighted by Crippen LogP contribution is 2.14.